The molecule has 0 bridgehead atoms. The van der Waals surface area contributed by atoms with E-state index < -0.39 is 0 Å². The van der Waals surface area contributed by atoms with Crippen LogP contribution in [0.2, 0.25) is 0 Å². The first-order chi connectivity index (χ1) is 8.22. The molecule has 3 heteroatoms. The molecule has 2 rings (SSSR count). The van der Waals surface area contributed by atoms with Gasteiger partial charge in [-0.2, -0.15) is 0 Å². The third-order valence-electron chi connectivity index (χ3n) is 4.38. The fraction of sp³-hybridized carbons (Fsp3) is 0.929. The van der Waals surface area contributed by atoms with Gasteiger partial charge in [0.15, 0.2) is 0 Å². The Balaban J connectivity index is 1.90. The summed E-state index contributed by atoms with van der Waals surface area (Å²) in [6.45, 7) is 3.94. The van der Waals surface area contributed by atoms with Crippen LogP contribution in [0.15, 0.2) is 0 Å². The van der Waals surface area contributed by atoms with Crippen LogP contribution in [0.4, 0.5) is 0 Å². The Bertz CT molecular complexity index is 259. The molecular formula is C14H25NO2. The SMILES string of the molecule is COC[C@H]1CCCN1C(=O)C1CCC(C)CC1. The van der Waals surface area contributed by atoms with E-state index >= 15 is 0 Å². The Morgan fingerprint density at radius 2 is 1.94 bits per heavy atom. The van der Waals surface area contributed by atoms with Gasteiger partial charge >= 0.3 is 0 Å². The number of hydrogen-bond acceptors (Lipinski definition) is 2. The van der Waals surface area contributed by atoms with Crippen molar-refractivity contribution in [1.82, 2.24) is 4.90 Å². The topological polar surface area (TPSA) is 29.5 Å². The van der Waals surface area contributed by atoms with E-state index in [1.165, 1.54) is 12.8 Å². The largest absolute Gasteiger partial charge is 0.383 e. The van der Waals surface area contributed by atoms with Crippen molar-refractivity contribution in [3.8, 4) is 0 Å². The number of rotatable bonds is 3. The minimum atomic E-state index is 0.295. The highest BCUT2D eigenvalue weighted by atomic mass is 16.5. The van der Waals surface area contributed by atoms with E-state index in [1.807, 2.05) is 0 Å². The quantitative estimate of drug-likeness (QED) is 0.757. The molecule has 0 aromatic heterocycles. The normalized spacial score (nSPS) is 34.0. The molecular weight excluding hydrogens is 214 g/mol. The fourth-order valence-corrected chi connectivity index (χ4v) is 3.23. The maximum absolute atomic E-state index is 12.5. The van der Waals surface area contributed by atoms with E-state index in [2.05, 4.69) is 11.8 Å². The number of methoxy groups -OCH3 is 1. The maximum atomic E-state index is 12.5. The lowest BCUT2D eigenvalue weighted by molar-refractivity contribution is -0.138. The first-order valence-corrected chi connectivity index (χ1v) is 7.01. The molecule has 2 fully saturated rings. The van der Waals surface area contributed by atoms with Crippen LogP contribution >= 0.6 is 0 Å². The van der Waals surface area contributed by atoms with Gasteiger partial charge in [0, 0.05) is 19.6 Å². The molecule has 3 nitrogen and oxygen atoms in total. The minimum Gasteiger partial charge on any atom is -0.383 e. The molecule has 0 N–H and O–H groups in total. The first kappa shape index (κ1) is 12.9. The Morgan fingerprint density at radius 3 is 2.59 bits per heavy atom. The standard InChI is InChI=1S/C14H25NO2/c1-11-5-7-12(8-6-11)14(16)15-9-3-4-13(15)10-17-2/h11-13H,3-10H2,1-2H3/t11?,12?,13-/m1/s1. The molecule has 0 spiro atoms. The summed E-state index contributed by atoms with van der Waals surface area (Å²) in [6, 6.07) is 0.340. The maximum Gasteiger partial charge on any atom is 0.226 e. The lowest BCUT2D eigenvalue weighted by Gasteiger charge is -2.32. The van der Waals surface area contributed by atoms with Gasteiger partial charge in [-0.1, -0.05) is 6.92 Å². The van der Waals surface area contributed by atoms with Gasteiger partial charge in [0.25, 0.3) is 0 Å². The van der Waals surface area contributed by atoms with Crippen LogP contribution in [0.5, 0.6) is 0 Å². The molecule has 0 unspecified atom stereocenters. The average molecular weight is 239 g/mol. The highest BCUT2D eigenvalue weighted by molar-refractivity contribution is 5.79. The van der Waals surface area contributed by atoms with Crippen molar-refractivity contribution in [3.63, 3.8) is 0 Å². The summed E-state index contributed by atoms with van der Waals surface area (Å²) < 4.78 is 5.22. The smallest absolute Gasteiger partial charge is 0.226 e. The zero-order valence-electron chi connectivity index (χ0n) is 11.2. The lowest BCUT2D eigenvalue weighted by atomic mass is 9.82. The van der Waals surface area contributed by atoms with Crippen molar-refractivity contribution in [2.45, 2.75) is 51.5 Å². The van der Waals surface area contributed by atoms with E-state index in [0.29, 0.717) is 24.5 Å². The highest BCUT2D eigenvalue weighted by Gasteiger charge is 2.34. The van der Waals surface area contributed by atoms with Crippen LogP contribution in [0.25, 0.3) is 0 Å². The van der Waals surface area contributed by atoms with Crippen LogP contribution in [0.1, 0.15) is 45.4 Å². The summed E-state index contributed by atoms with van der Waals surface area (Å²) in [5.74, 6) is 1.51. The molecule has 1 aliphatic heterocycles. The molecule has 0 aromatic carbocycles. The van der Waals surface area contributed by atoms with Crippen molar-refractivity contribution in [2.75, 3.05) is 20.3 Å². The van der Waals surface area contributed by atoms with Crippen molar-refractivity contribution in [1.29, 1.82) is 0 Å². The third-order valence-corrected chi connectivity index (χ3v) is 4.38. The average Bonchev–Trinajstić information content (AvgIpc) is 2.78. The first-order valence-electron chi connectivity index (χ1n) is 7.01. The molecule has 1 aliphatic carbocycles. The molecule has 17 heavy (non-hydrogen) atoms. The second kappa shape index (κ2) is 5.85. The van der Waals surface area contributed by atoms with Gasteiger partial charge in [0.1, 0.15) is 0 Å². The Morgan fingerprint density at radius 1 is 1.24 bits per heavy atom. The summed E-state index contributed by atoms with van der Waals surface area (Å²) >= 11 is 0. The number of amides is 1. The molecule has 0 radical (unpaired) electrons. The minimum absolute atomic E-state index is 0.295. The monoisotopic (exact) mass is 239 g/mol. The number of likely N-dealkylation sites (tertiary alicyclic amines) is 1. The van der Waals surface area contributed by atoms with Crippen LogP contribution in [0, 0.1) is 11.8 Å². The van der Waals surface area contributed by atoms with Crippen LogP contribution in [-0.2, 0) is 9.53 Å². The van der Waals surface area contributed by atoms with Crippen molar-refractivity contribution < 1.29 is 9.53 Å². The van der Waals surface area contributed by atoms with Crippen LogP contribution in [-0.4, -0.2) is 37.1 Å². The molecule has 2 aliphatic rings. The Hall–Kier alpha value is -0.570. The second-order valence-electron chi connectivity index (χ2n) is 5.74. The molecule has 1 heterocycles. The van der Waals surface area contributed by atoms with Gasteiger partial charge in [-0.15, -0.1) is 0 Å². The Kier molecular flexibility index (Phi) is 4.43. The highest BCUT2D eigenvalue weighted by Crippen LogP contribution is 2.31. The van der Waals surface area contributed by atoms with Crippen molar-refractivity contribution in [3.05, 3.63) is 0 Å². The predicted molar refractivity (Wildman–Crippen MR) is 67.7 cm³/mol. The summed E-state index contributed by atoms with van der Waals surface area (Å²) in [4.78, 5) is 14.6. The summed E-state index contributed by atoms with van der Waals surface area (Å²) in [7, 11) is 1.73. The number of hydrogen-bond donors (Lipinski definition) is 0. The Labute approximate surface area is 105 Å². The molecule has 0 aromatic rings. The molecule has 1 saturated carbocycles. The molecule has 98 valence electrons. The fourth-order valence-electron chi connectivity index (χ4n) is 3.23. The summed E-state index contributed by atoms with van der Waals surface area (Å²) in [5, 5.41) is 0. The second-order valence-corrected chi connectivity index (χ2v) is 5.74. The number of nitrogens with zero attached hydrogens (tertiary/aromatic N) is 1. The van der Waals surface area contributed by atoms with E-state index in [-0.39, 0.29) is 0 Å². The van der Waals surface area contributed by atoms with Gasteiger partial charge < -0.3 is 9.64 Å². The summed E-state index contributed by atoms with van der Waals surface area (Å²) in [5.41, 5.74) is 0. The van der Waals surface area contributed by atoms with E-state index in [9.17, 15) is 4.79 Å². The number of carbonyl (C=O) groups is 1. The van der Waals surface area contributed by atoms with Crippen molar-refractivity contribution >= 4 is 5.91 Å². The van der Waals surface area contributed by atoms with E-state index in [4.69, 9.17) is 4.74 Å². The van der Waals surface area contributed by atoms with Gasteiger partial charge in [-0.05, 0) is 44.4 Å². The third kappa shape index (κ3) is 3.01. The van der Waals surface area contributed by atoms with Gasteiger partial charge in [0.2, 0.25) is 5.91 Å². The number of carbonyl (C=O) groups excluding carboxylic acids is 1. The zero-order valence-corrected chi connectivity index (χ0v) is 11.2. The lowest BCUT2D eigenvalue weighted by Crippen LogP contribution is -2.42. The summed E-state index contributed by atoms with van der Waals surface area (Å²) in [6.07, 6.45) is 6.89. The molecule has 1 atom stereocenters. The van der Waals surface area contributed by atoms with E-state index in [1.54, 1.807) is 7.11 Å². The van der Waals surface area contributed by atoms with Gasteiger partial charge in [-0.25, -0.2) is 0 Å². The van der Waals surface area contributed by atoms with Crippen LogP contribution < -0.4 is 0 Å². The van der Waals surface area contributed by atoms with E-state index in [0.717, 1.165) is 38.1 Å². The van der Waals surface area contributed by atoms with Crippen molar-refractivity contribution in [2.24, 2.45) is 11.8 Å². The van der Waals surface area contributed by atoms with Crippen LogP contribution in [0.3, 0.4) is 0 Å². The zero-order chi connectivity index (χ0) is 12.3. The predicted octanol–water partition coefficient (Wildman–Crippen LogP) is 2.45. The molecule has 1 saturated heterocycles. The number of ether oxygens (including phenoxy) is 1. The molecule has 1 amide bonds. The van der Waals surface area contributed by atoms with Gasteiger partial charge in [0.05, 0.1) is 12.6 Å². The van der Waals surface area contributed by atoms with Gasteiger partial charge in [-0.3, -0.25) is 4.79 Å².